The highest BCUT2D eigenvalue weighted by Gasteiger charge is 2.30. The van der Waals surface area contributed by atoms with Crippen molar-refractivity contribution in [2.75, 3.05) is 39.6 Å². The third-order valence-corrected chi connectivity index (χ3v) is 17.1. The fourth-order valence-corrected chi connectivity index (χ4v) is 11.2. The number of hydrogen-bond donors (Lipinski definition) is 3. The Kier molecular flexibility index (Phi) is 53.9. The summed E-state index contributed by atoms with van der Waals surface area (Å²) >= 11 is 0. The summed E-state index contributed by atoms with van der Waals surface area (Å²) in [5, 5.41) is 10.5. The van der Waals surface area contributed by atoms with Gasteiger partial charge in [-0.3, -0.25) is 37.3 Å². The van der Waals surface area contributed by atoms with E-state index in [1.165, 1.54) is 103 Å². The minimum atomic E-state index is -4.95. The van der Waals surface area contributed by atoms with Gasteiger partial charge in [0.15, 0.2) is 12.2 Å². The number of rotatable bonds is 62. The topological polar surface area (TPSA) is 237 Å². The maximum absolute atomic E-state index is 13.0. The molecule has 0 amide bonds. The Hall–Kier alpha value is -1.94. The molecule has 19 heteroatoms. The van der Waals surface area contributed by atoms with Gasteiger partial charge in [-0.15, -0.1) is 0 Å². The van der Waals surface area contributed by atoms with Gasteiger partial charge in [-0.05, 0) is 49.4 Å². The summed E-state index contributed by atoms with van der Waals surface area (Å²) in [6.07, 6.45) is 35.2. The SMILES string of the molecule is CCC(C)CCCCCCCCC(=O)OC[C@H](COP(=O)(O)OC[C@H](O)COP(=O)(O)OC[C@@H](COC(=O)CCCCCCCCC(C)C)OC(=O)CCCCCCCCCCCCCCCC(C)C)OC(=O)CCCCCCCCC(C)C. The van der Waals surface area contributed by atoms with Crippen LogP contribution in [0.15, 0.2) is 0 Å². The second-order valence-corrected chi connectivity index (χ2v) is 28.1. The maximum Gasteiger partial charge on any atom is 0.472 e. The fourth-order valence-electron chi connectivity index (χ4n) is 9.57. The summed E-state index contributed by atoms with van der Waals surface area (Å²) in [4.78, 5) is 72.2. The van der Waals surface area contributed by atoms with Gasteiger partial charge < -0.3 is 33.8 Å². The molecule has 84 heavy (non-hydrogen) atoms. The second kappa shape index (κ2) is 55.2. The van der Waals surface area contributed by atoms with Crippen LogP contribution in [-0.4, -0.2) is 96.7 Å². The lowest BCUT2D eigenvalue weighted by Gasteiger charge is -2.21. The zero-order chi connectivity index (χ0) is 62.5. The molecule has 0 rings (SSSR count). The molecule has 6 atom stereocenters. The quantitative estimate of drug-likeness (QED) is 0.0222. The van der Waals surface area contributed by atoms with Gasteiger partial charge in [-0.2, -0.15) is 0 Å². The summed E-state index contributed by atoms with van der Waals surface area (Å²) in [5.74, 6) is 0.723. The number of phosphoric ester groups is 2. The number of phosphoric acid groups is 2. The number of carbonyl (C=O) groups excluding carboxylic acids is 4. The molecule has 0 aliphatic heterocycles. The lowest BCUT2D eigenvalue weighted by Crippen LogP contribution is -2.30. The van der Waals surface area contributed by atoms with Crippen LogP contribution in [0.3, 0.4) is 0 Å². The minimum Gasteiger partial charge on any atom is -0.462 e. The Morgan fingerprint density at radius 3 is 0.845 bits per heavy atom. The highest BCUT2D eigenvalue weighted by molar-refractivity contribution is 7.47. The Balaban J connectivity index is 5.21. The van der Waals surface area contributed by atoms with Gasteiger partial charge in [-0.25, -0.2) is 9.13 Å². The van der Waals surface area contributed by atoms with Crippen molar-refractivity contribution in [2.24, 2.45) is 23.7 Å². The molecule has 17 nitrogen and oxygen atoms in total. The third-order valence-electron chi connectivity index (χ3n) is 15.2. The number of hydrogen-bond acceptors (Lipinski definition) is 15. The normalized spacial score (nSPS) is 14.7. The van der Waals surface area contributed by atoms with Gasteiger partial charge in [0, 0.05) is 25.7 Å². The van der Waals surface area contributed by atoms with Gasteiger partial charge in [0.1, 0.15) is 19.3 Å². The first-order valence-corrected chi connectivity index (χ1v) is 36.7. The van der Waals surface area contributed by atoms with Crippen molar-refractivity contribution in [3.05, 3.63) is 0 Å². The van der Waals surface area contributed by atoms with Crippen LogP contribution in [0.1, 0.15) is 312 Å². The van der Waals surface area contributed by atoms with Crippen LogP contribution in [-0.2, 0) is 65.4 Å². The van der Waals surface area contributed by atoms with Crippen LogP contribution in [0.4, 0.5) is 0 Å². The molecule has 498 valence electrons. The van der Waals surface area contributed by atoms with E-state index in [-0.39, 0.29) is 25.7 Å². The zero-order valence-electron chi connectivity index (χ0n) is 54.5. The molecule has 0 aromatic rings. The first-order chi connectivity index (χ1) is 40.1. The number of carbonyl (C=O) groups is 4. The average molecular weight is 1240 g/mol. The monoisotopic (exact) mass is 1240 g/mol. The van der Waals surface area contributed by atoms with E-state index in [2.05, 4.69) is 55.4 Å². The van der Waals surface area contributed by atoms with Crippen molar-refractivity contribution in [1.29, 1.82) is 0 Å². The first kappa shape index (κ1) is 82.1. The molecule has 0 aromatic carbocycles. The molecule has 0 aliphatic carbocycles. The van der Waals surface area contributed by atoms with Gasteiger partial charge in [0.25, 0.3) is 0 Å². The Labute approximate surface area is 511 Å². The summed E-state index contributed by atoms with van der Waals surface area (Å²) in [6, 6.07) is 0. The van der Waals surface area contributed by atoms with Crippen LogP contribution in [0.5, 0.6) is 0 Å². The molecule has 0 aromatic heterocycles. The minimum absolute atomic E-state index is 0.100. The molecule has 0 fully saturated rings. The van der Waals surface area contributed by atoms with Crippen molar-refractivity contribution >= 4 is 39.5 Å². The molecule has 3 unspecified atom stereocenters. The van der Waals surface area contributed by atoms with Gasteiger partial charge in [0.05, 0.1) is 26.4 Å². The largest absolute Gasteiger partial charge is 0.472 e. The van der Waals surface area contributed by atoms with E-state index in [9.17, 15) is 43.2 Å². The van der Waals surface area contributed by atoms with E-state index in [0.29, 0.717) is 37.5 Å². The van der Waals surface area contributed by atoms with E-state index in [1.54, 1.807) is 0 Å². The van der Waals surface area contributed by atoms with Crippen LogP contribution >= 0.6 is 15.6 Å². The molecule has 0 radical (unpaired) electrons. The molecular formula is C65H126O17P2. The number of esters is 4. The predicted octanol–water partition coefficient (Wildman–Crippen LogP) is 17.8. The van der Waals surface area contributed by atoms with Crippen LogP contribution in [0.2, 0.25) is 0 Å². The summed E-state index contributed by atoms with van der Waals surface area (Å²) in [5.41, 5.74) is 0. The lowest BCUT2D eigenvalue weighted by molar-refractivity contribution is -0.161. The average Bonchev–Trinajstić information content (AvgIpc) is 3.48. The highest BCUT2D eigenvalue weighted by atomic mass is 31.2. The van der Waals surface area contributed by atoms with Crippen molar-refractivity contribution in [3.8, 4) is 0 Å². The van der Waals surface area contributed by atoms with Crippen molar-refractivity contribution in [1.82, 2.24) is 0 Å². The number of aliphatic hydroxyl groups excluding tert-OH is 1. The highest BCUT2D eigenvalue weighted by Crippen LogP contribution is 2.45. The molecule has 0 aliphatic rings. The smallest absolute Gasteiger partial charge is 0.462 e. The van der Waals surface area contributed by atoms with E-state index < -0.39 is 97.5 Å². The van der Waals surface area contributed by atoms with Crippen molar-refractivity contribution in [2.45, 2.75) is 331 Å². The van der Waals surface area contributed by atoms with Gasteiger partial charge in [-0.1, -0.05) is 261 Å². The molecule has 0 heterocycles. The Bertz CT molecular complexity index is 1680. The Morgan fingerprint density at radius 2 is 0.571 bits per heavy atom. The van der Waals surface area contributed by atoms with Gasteiger partial charge in [0.2, 0.25) is 0 Å². The molecule has 0 bridgehead atoms. The molecule has 3 N–H and O–H groups in total. The van der Waals surface area contributed by atoms with E-state index in [4.69, 9.17) is 37.0 Å². The Morgan fingerprint density at radius 1 is 0.333 bits per heavy atom. The molecule has 0 saturated carbocycles. The van der Waals surface area contributed by atoms with Crippen LogP contribution in [0.25, 0.3) is 0 Å². The number of aliphatic hydroxyl groups is 1. The van der Waals surface area contributed by atoms with E-state index >= 15 is 0 Å². The second-order valence-electron chi connectivity index (χ2n) is 25.2. The lowest BCUT2D eigenvalue weighted by atomic mass is 10.00. The first-order valence-electron chi connectivity index (χ1n) is 33.7. The summed E-state index contributed by atoms with van der Waals surface area (Å²) < 4.78 is 68.0. The fraction of sp³-hybridized carbons (Fsp3) is 0.938. The molecular weight excluding hydrogens is 1110 g/mol. The van der Waals surface area contributed by atoms with Gasteiger partial charge >= 0.3 is 39.5 Å². The van der Waals surface area contributed by atoms with Crippen LogP contribution in [0, 0.1) is 23.7 Å². The van der Waals surface area contributed by atoms with Crippen molar-refractivity contribution < 1.29 is 80.2 Å². The van der Waals surface area contributed by atoms with E-state index in [1.807, 2.05) is 0 Å². The maximum atomic E-state index is 13.0. The van der Waals surface area contributed by atoms with E-state index in [0.717, 1.165) is 115 Å². The summed E-state index contributed by atoms with van der Waals surface area (Å²) in [6.45, 7) is 13.9. The summed E-state index contributed by atoms with van der Waals surface area (Å²) in [7, 11) is -9.89. The zero-order valence-corrected chi connectivity index (χ0v) is 56.3. The third kappa shape index (κ3) is 57.8. The van der Waals surface area contributed by atoms with Crippen molar-refractivity contribution in [3.63, 3.8) is 0 Å². The van der Waals surface area contributed by atoms with Crippen LogP contribution < -0.4 is 0 Å². The molecule has 0 spiro atoms. The molecule has 0 saturated heterocycles. The standard InChI is InChI=1S/C65H126O17P2/c1-9-58(8)44-36-28-21-24-30-38-46-63(68)76-52-61(82-65(70)48-40-32-23-20-27-35-43-57(6)7)54-80-84(73,74)78-50-59(66)49-77-83(71,72)79-53-60(51-75-62(67)45-37-29-22-19-26-34-42-56(4)5)81-64(69)47-39-31-18-16-14-12-10-11-13-15-17-25-33-41-55(2)3/h55-61,66H,9-54H2,1-8H3,(H,71,72)(H,73,74)/t58?,59-,60-,61-/m1/s1. The predicted molar refractivity (Wildman–Crippen MR) is 335 cm³/mol. The number of ether oxygens (including phenoxy) is 4. The number of unbranched alkanes of at least 4 members (excludes halogenated alkanes) is 27.